The molecule has 2 aromatic carbocycles. The molecule has 1 N–H and O–H groups in total. The van der Waals surface area contributed by atoms with Crippen molar-refractivity contribution in [1.82, 2.24) is 4.57 Å². The Morgan fingerprint density at radius 2 is 1.71 bits per heavy atom. The molecule has 3 aromatic rings. The highest BCUT2D eigenvalue weighted by atomic mass is 16.5. The number of rotatable bonds is 9. The fourth-order valence-corrected chi connectivity index (χ4v) is 4.84. The zero-order valence-electron chi connectivity index (χ0n) is 21.6. The molecular weight excluding hydrogens is 442 g/mol. The average molecular weight is 480 g/mol. The van der Waals surface area contributed by atoms with E-state index in [0.29, 0.717) is 50.1 Å². The van der Waals surface area contributed by atoms with Crippen molar-refractivity contribution in [1.29, 1.82) is 0 Å². The molecule has 0 radical (unpaired) electrons. The first kappa shape index (κ1) is 24.9. The smallest absolute Gasteiger partial charge is 0.272 e. The number of nitrogens with zero attached hydrogens (tertiary/aromatic N) is 2. The largest absolute Gasteiger partial charge is 0.492 e. The van der Waals surface area contributed by atoms with Gasteiger partial charge in [0.25, 0.3) is 5.91 Å². The molecular formula is C28H37N3O4. The minimum absolute atomic E-state index is 0.152. The summed E-state index contributed by atoms with van der Waals surface area (Å²) >= 11 is 0. The lowest BCUT2D eigenvalue weighted by Crippen LogP contribution is -2.36. The number of nitrogens with one attached hydrogen (secondary N) is 1. The fraction of sp³-hybridized carbons (Fsp3) is 0.464. The molecule has 1 fully saturated rings. The minimum atomic E-state index is -0.152. The molecule has 0 aliphatic carbocycles. The predicted octanol–water partition coefficient (Wildman–Crippen LogP) is 5.42. The second-order valence-corrected chi connectivity index (χ2v) is 8.66. The molecule has 2 heterocycles. The summed E-state index contributed by atoms with van der Waals surface area (Å²) in [4.78, 5) is 15.9. The molecule has 0 saturated carbocycles. The number of amides is 1. The number of morpholine rings is 1. The lowest BCUT2D eigenvalue weighted by Gasteiger charge is -2.31. The predicted molar refractivity (Wildman–Crippen MR) is 141 cm³/mol. The molecule has 7 heteroatoms. The van der Waals surface area contributed by atoms with Crippen LogP contribution in [-0.4, -0.2) is 50.0 Å². The van der Waals surface area contributed by atoms with Gasteiger partial charge in [0.15, 0.2) is 0 Å². The summed E-state index contributed by atoms with van der Waals surface area (Å²) in [5, 5.41) is 4.26. The van der Waals surface area contributed by atoms with Gasteiger partial charge in [0.05, 0.1) is 37.8 Å². The van der Waals surface area contributed by atoms with Crippen LogP contribution in [0.15, 0.2) is 30.3 Å². The van der Waals surface area contributed by atoms with Gasteiger partial charge in [0, 0.05) is 42.7 Å². The van der Waals surface area contributed by atoms with Gasteiger partial charge in [-0.1, -0.05) is 13.0 Å². The zero-order chi connectivity index (χ0) is 24.9. The maximum atomic E-state index is 13.7. The highest BCUT2D eigenvalue weighted by Crippen LogP contribution is 2.40. The van der Waals surface area contributed by atoms with Crippen molar-refractivity contribution in [3.63, 3.8) is 0 Å². The summed E-state index contributed by atoms with van der Waals surface area (Å²) in [7, 11) is 0. The number of carbonyl (C=O) groups excluding carboxylic acids is 1. The first-order chi connectivity index (χ1) is 17.0. The van der Waals surface area contributed by atoms with E-state index >= 15 is 0 Å². The van der Waals surface area contributed by atoms with Crippen LogP contribution in [-0.2, 0) is 17.7 Å². The summed E-state index contributed by atoms with van der Waals surface area (Å²) in [6, 6.07) is 10.3. The van der Waals surface area contributed by atoms with Crippen molar-refractivity contribution in [2.75, 3.05) is 49.7 Å². The van der Waals surface area contributed by atoms with Crippen molar-refractivity contribution in [3.8, 4) is 11.5 Å². The lowest BCUT2D eigenvalue weighted by atomic mass is 10.1. The third-order valence-electron chi connectivity index (χ3n) is 6.58. The second-order valence-electron chi connectivity index (χ2n) is 8.66. The molecule has 4 rings (SSSR count). The van der Waals surface area contributed by atoms with Gasteiger partial charge in [0.1, 0.15) is 17.2 Å². The summed E-state index contributed by atoms with van der Waals surface area (Å²) in [5.74, 6) is 1.21. The van der Waals surface area contributed by atoms with Gasteiger partial charge in [-0.25, -0.2) is 0 Å². The molecule has 1 aliphatic rings. The summed E-state index contributed by atoms with van der Waals surface area (Å²) < 4.78 is 19.6. The molecule has 1 aliphatic heterocycles. The van der Waals surface area contributed by atoms with Gasteiger partial charge in [-0.3, -0.25) is 4.79 Å². The van der Waals surface area contributed by atoms with Crippen molar-refractivity contribution < 1.29 is 19.0 Å². The number of ether oxygens (including phenoxy) is 3. The number of aryl methyl sites for hydroxylation is 3. The quantitative estimate of drug-likeness (QED) is 0.444. The van der Waals surface area contributed by atoms with Crippen molar-refractivity contribution in [3.05, 3.63) is 47.2 Å². The maximum Gasteiger partial charge on any atom is 0.272 e. The van der Waals surface area contributed by atoms with Crippen molar-refractivity contribution in [2.24, 2.45) is 0 Å². The van der Waals surface area contributed by atoms with E-state index in [4.69, 9.17) is 14.2 Å². The Bertz CT molecular complexity index is 1190. The molecule has 7 nitrogen and oxygen atoms in total. The van der Waals surface area contributed by atoms with Crippen LogP contribution in [0.4, 0.5) is 11.4 Å². The SMILES string of the molecule is CCOc1cc(N2CCOCC2)c(OCC)cc1NC(=O)c1c(C)c2cc(CC)ccc2n1CC. The molecule has 0 unspecified atom stereocenters. The summed E-state index contributed by atoms with van der Waals surface area (Å²) in [6.07, 6.45) is 0.960. The van der Waals surface area contributed by atoms with Gasteiger partial charge in [-0.15, -0.1) is 0 Å². The molecule has 0 atom stereocenters. The third kappa shape index (κ3) is 4.96. The Kier molecular flexibility index (Phi) is 7.86. The maximum absolute atomic E-state index is 13.7. The zero-order valence-corrected chi connectivity index (χ0v) is 21.6. The molecule has 188 valence electrons. The van der Waals surface area contributed by atoms with Crippen LogP contribution < -0.4 is 19.7 Å². The van der Waals surface area contributed by atoms with E-state index in [1.807, 2.05) is 32.9 Å². The molecule has 1 amide bonds. The number of aromatic nitrogens is 1. The first-order valence-corrected chi connectivity index (χ1v) is 12.7. The summed E-state index contributed by atoms with van der Waals surface area (Å²) in [5.41, 5.74) is 5.58. The number of carbonyl (C=O) groups is 1. The van der Waals surface area contributed by atoms with Gasteiger partial charge >= 0.3 is 0 Å². The monoisotopic (exact) mass is 479 g/mol. The van der Waals surface area contributed by atoms with E-state index in [-0.39, 0.29) is 5.91 Å². The number of fused-ring (bicyclic) bond motifs is 1. The van der Waals surface area contributed by atoms with E-state index in [1.165, 1.54) is 5.56 Å². The second kappa shape index (κ2) is 11.0. The molecule has 0 bridgehead atoms. The topological polar surface area (TPSA) is 65.0 Å². The summed E-state index contributed by atoms with van der Waals surface area (Å²) in [6.45, 7) is 14.8. The normalized spacial score (nSPS) is 13.8. The molecule has 1 saturated heterocycles. The standard InChI is InChI=1S/C28H37N3O4/c1-6-20-10-11-23-21(16-20)19(5)27(31(23)7-2)28(32)29-22-17-26(35-9-4)24(18-25(22)34-8-3)30-12-14-33-15-13-30/h10-11,16-18H,6-9,12-15H2,1-5H3,(H,29,32). The van der Waals surface area contributed by atoms with Crippen LogP contribution in [0.3, 0.4) is 0 Å². The van der Waals surface area contributed by atoms with Crippen LogP contribution in [0.5, 0.6) is 11.5 Å². The van der Waals surface area contributed by atoms with Gasteiger partial charge in [-0.05, 0) is 57.4 Å². The Hall–Kier alpha value is -3.19. The average Bonchev–Trinajstić information content (AvgIpc) is 3.17. The molecule has 1 aromatic heterocycles. The van der Waals surface area contributed by atoms with E-state index in [1.54, 1.807) is 0 Å². The van der Waals surface area contributed by atoms with Crippen LogP contribution in [0.2, 0.25) is 0 Å². The number of anilines is 2. The van der Waals surface area contributed by atoms with Crippen LogP contribution in [0.25, 0.3) is 10.9 Å². The van der Waals surface area contributed by atoms with E-state index in [2.05, 4.69) is 46.8 Å². The van der Waals surface area contributed by atoms with E-state index in [0.717, 1.165) is 47.4 Å². The van der Waals surface area contributed by atoms with Gasteiger partial charge in [0.2, 0.25) is 0 Å². The lowest BCUT2D eigenvalue weighted by molar-refractivity contribution is 0.101. The Morgan fingerprint density at radius 1 is 1.00 bits per heavy atom. The first-order valence-electron chi connectivity index (χ1n) is 12.7. The Balaban J connectivity index is 1.75. The molecule has 35 heavy (non-hydrogen) atoms. The number of benzene rings is 2. The van der Waals surface area contributed by atoms with E-state index < -0.39 is 0 Å². The van der Waals surface area contributed by atoms with Gasteiger partial charge in [-0.2, -0.15) is 0 Å². The highest BCUT2D eigenvalue weighted by molar-refractivity contribution is 6.09. The fourth-order valence-electron chi connectivity index (χ4n) is 4.84. The third-order valence-corrected chi connectivity index (χ3v) is 6.58. The van der Waals surface area contributed by atoms with Crippen LogP contribution in [0, 0.1) is 6.92 Å². The highest BCUT2D eigenvalue weighted by Gasteiger charge is 2.24. The number of hydrogen-bond acceptors (Lipinski definition) is 5. The van der Waals surface area contributed by atoms with Crippen LogP contribution >= 0.6 is 0 Å². The Morgan fingerprint density at radius 3 is 2.37 bits per heavy atom. The Labute approximate surface area is 208 Å². The van der Waals surface area contributed by atoms with Crippen molar-refractivity contribution >= 4 is 28.2 Å². The van der Waals surface area contributed by atoms with Crippen molar-refractivity contribution in [2.45, 2.75) is 47.6 Å². The van der Waals surface area contributed by atoms with Gasteiger partial charge < -0.3 is 29.0 Å². The van der Waals surface area contributed by atoms with Crippen LogP contribution in [0.1, 0.15) is 49.3 Å². The molecule has 0 spiro atoms. The minimum Gasteiger partial charge on any atom is -0.492 e. The number of hydrogen-bond donors (Lipinski definition) is 1. The van der Waals surface area contributed by atoms with E-state index in [9.17, 15) is 4.79 Å².